The second-order valence-electron chi connectivity index (χ2n) is 14.3. The molecule has 2 bridgehead atoms. The second-order valence-corrected chi connectivity index (χ2v) is 14.3. The Bertz CT molecular complexity index is 993. The molecule has 7 rings (SSSR count). The SMILES string of the molecule is C=C1[C@@H](O)[C@H](O)C[C@]2(C)C3C4O[C@@H]4[C@]45OC(=O)[C@@]6(CC[C@@H](C)[C@H](C)[C@H]64)CC[C@@]5(C)[C@]3(C)CC[C@@H]12. The largest absolute Gasteiger partial charge is 0.455 e. The molecule has 2 N–H and O–H groups in total. The van der Waals surface area contributed by atoms with Crippen LogP contribution in [0.5, 0.6) is 0 Å². The molecule has 5 heteroatoms. The molecule has 5 saturated carbocycles. The minimum absolute atomic E-state index is 0.0484. The minimum atomic E-state index is -0.834. The molecule has 2 aliphatic heterocycles. The van der Waals surface area contributed by atoms with Gasteiger partial charge in [-0.05, 0) is 85.0 Å². The molecule has 0 amide bonds. The number of aliphatic hydroxyl groups is 2. The zero-order chi connectivity index (χ0) is 24.2. The lowest BCUT2D eigenvalue weighted by Crippen LogP contribution is -2.75. The molecule has 5 aliphatic carbocycles. The lowest BCUT2D eigenvalue weighted by molar-refractivity contribution is -0.266. The van der Waals surface area contributed by atoms with Gasteiger partial charge in [0.15, 0.2) is 5.60 Å². The number of aliphatic hydroxyl groups excluding tert-OH is 2. The number of rotatable bonds is 0. The molecular formula is C29H42O5. The molecule has 7 aliphatic rings. The van der Waals surface area contributed by atoms with Gasteiger partial charge in [-0.25, -0.2) is 0 Å². The number of hydrogen-bond donors (Lipinski definition) is 2. The van der Waals surface area contributed by atoms with Crippen molar-refractivity contribution in [1.29, 1.82) is 0 Å². The van der Waals surface area contributed by atoms with Crippen LogP contribution in [0.2, 0.25) is 0 Å². The summed E-state index contributed by atoms with van der Waals surface area (Å²) in [6.45, 7) is 16.2. The number of carbonyl (C=O) groups excluding carboxylic acids is 1. The van der Waals surface area contributed by atoms with Gasteiger partial charge in [0.25, 0.3) is 0 Å². The zero-order valence-corrected chi connectivity index (χ0v) is 21.5. The van der Waals surface area contributed by atoms with E-state index in [4.69, 9.17) is 9.47 Å². The Hall–Kier alpha value is -0.910. The average molecular weight is 471 g/mol. The van der Waals surface area contributed by atoms with Crippen molar-refractivity contribution in [3.05, 3.63) is 12.2 Å². The van der Waals surface area contributed by atoms with E-state index in [2.05, 4.69) is 41.2 Å². The van der Waals surface area contributed by atoms with Crippen molar-refractivity contribution in [3.63, 3.8) is 0 Å². The Morgan fingerprint density at radius 3 is 2.47 bits per heavy atom. The Balaban J connectivity index is 1.40. The van der Waals surface area contributed by atoms with E-state index in [1.54, 1.807) is 0 Å². The monoisotopic (exact) mass is 470 g/mol. The third kappa shape index (κ3) is 2.02. The van der Waals surface area contributed by atoms with Gasteiger partial charge in [-0.1, -0.05) is 41.2 Å². The van der Waals surface area contributed by atoms with Crippen LogP contribution >= 0.6 is 0 Å². The van der Waals surface area contributed by atoms with Gasteiger partial charge in [0.1, 0.15) is 12.2 Å². The fraction of sp³-hybridized carbons (Fsp3) is 0.897. The highest BCUT2D eigenvalue weighted by Crippen LogP contribution is 2.83. The fourth-order valence-corrected chi connectivity index (χ4v) is 11.7. The van der Waals surface area contributed by atoms with E-state index in [1.807, 2.05) is 0 Å². The maximum atomic E-state index is 13.7. The number of fused-ring (bicyclic) bond motifs is 6. The molecule has 0 aromatic rings. The van der Waals surface area contributed by atoms with Crippen molar-refractivity contribution in [2.75, 3.05) is 0 Å². The Labute approximate surface area is 203 Å². The van der Waals surface area contributed by atoms with E-state index in [0.29, 0.717) is 18.3 Å². The van der Waals surface area contributed by atoms with Crippen molar-refractivity contribution in [1.82, 2.24) is 0 Å². The maximum absolute atomic E-state index is 13.7. The molecule has 0 radical (unpaired) electrons. The van der Waals surface area contributed by atoms with E-state index >= 15 is 0 Å². The van der Waals surface area contributed by atoms with Crippen molar-refractivity contribution < 1.29 is 24.5 Å². The van der Waals surface area contributed by atoms with Crippen LogP contribution in [0, 0.1) is 51.2 Å². The molecule has 2 saturated heterocycles. The molecule has 0 aromatic carbocycles. The molecule has 1 spiro atoms. The van der Waals surface area contributed by atoms with Crippen LogP contribution in [0.15, 0.2) is 12.2 Å². The minimum Gasteiger partial charge on any atom is -0.455 e. The van der Waals surface area contributed by atoms with Crippen LogP contribution in [0.25, 0.3) is 0 Å². The number of esters is 1. The van der Waals surface area contributed by atoms with E-state index in [1.165, 1.54) is 0 Å². The maximum Gasteiger partial charge on any atom is 0.313 e. The summed E-state index contributed by atoms with van der Waals surface area (Å²) in [6.07, 6.45) is 4.95. The smallest absolute Gasteiger partial charge is 0.313 e. The molecule has 14 atom stereocenters. The quantitative estimate of drug-likeness (QED) is 0.314. The number of carbonyl (C=O) groups is 1. The van der Waals surface area contributed by atoms with Gasteiger partial charge < -0.3 is 19.7 Å². The zero-order valence-electron chi connectivity index (χ0n) is 21.5. The summed E-state index contributed by atoms with van der Waals surface area (Å²) in [7, 11) is 0. The van der Waals surface area contributed by atoms with Gasteiger partial charge in [-0.2, -0.15) is 0 Å². The van der Waals surface area contributed by atoms with E-state index < -0.39 is 17.8 Å². The van der Waals surface area contributed by atoms with Crippen molar-refractivity contribution >= 4 is 5.97 Å². The summed E-state index contributed by atoms with van der Waals surface area (Å²) in [5.74, 6) is 1.74. The third-order valence-corrected chi connectivity index (χ3v) is 13.7. The predicted octanol–water partition coefficient (Wildman–Crippen LogP) is 4.25. The summed E-state index contributed by atoms with van der Waals surface area (Å²) in [4.78, 5) is 13.7. The van der Waals surface area contributed by atoms with Gasteiger partial charge >= 0.3 is 5.97 Å². The molecule has 5 nitrogen and oxygen atoms in total. The van der Waals surface area contributed by atoms with Crippen LogP contribution in [-0.2, 0) is 14.3 Å². The van der Waals surface area contributed by atoms with Crippen LogP contribution in [-0.4, -0.2) is 46.2 Å². The summed E-state index contributed by atoms with van der Waals surface area (Å²) in [5, 5.41) is 21.5. The number of epoxide rings is 1. The summed E-state index contributed by atoms with van der Waals surface area (Å²) in [6, 6.07) is 0. The van der Waals surface area contributed by atoms with E-state index in [9.17, 15) is 15.0 Å². The Kier molecular flexibility index (Phi) is 4.03. The van der Waals surface area contributed by atoms with Crippen molar-refractivity contribution in [2.45, 2.75) is 110 Å². The van der Waals surface area contributed by atoms with Crippen molar-refractivity contribution in [3.8, 4) is 0 Å². The Morgan fingerprint density at radius 2 is 1.74 bits per heavy atom. The highest BCUT2D eigenvalue weighted by Gasteiger charge is 2.89. The molecule has 0 aromatic heterocycles. The fourth-order valence-electron chi connectivity index (χ4n) is 11.7. The van der Waals surface area contributed by atoms with Gasteiger partial charge in [0.2, 0.25) is 0 Å². The predicted molar refractivity (Wildman–Crippen MR) is 127 cm³/mol. The standard InChI is InChI=1S/C29H42O5/c1-14-7-10-28-12-11-27(6)26(5)9-8-17-16(3)19(31)18(30)13-25(17,4)22(26)20-23(33-20)29(27,34-24(28)32)21(28)15(14)2/h14-15,17-23,30-31H,3,7-13H2,1-2,4-6H3/t14-,15+,17+,18-,19-,20?,21-,22?,23+,25+,26-,27+,28+,29-/m1/s1. The highest BCUT2D eigenvalue weighted by atomic mass is 16.6. The lowest BCUT2D eigenvalue weighted by Gasteiger charge is -2.71. The second kappa shape index (κ2) is 6.14. The first-order chi connectivity index (χ1) is 15.9. The van der Waals surface area contributed by atoms with E-state index in [-0.39, 0.29) is 57.6 Å². The molecule has 2 unspecified atom stereocenters. The topological polar surface area (TPSA) is 79.3 Å². The molecular weight excluding hydrogens is 428 g/mol. The van der Waals surface area contributed by atoms with Gasteiger partial charge in [-0.3, -0.25) is 4.79 Å². The summed E-state index contributed by atoms with van der Waals surface area (Å²) in [5.41, 5.74) is -0.504. The van der Waals surface area contributed by atoms with E-state index in [0.717, 1.165) is 44.1 Å². The first-order valence-electron chi connectivity index (χ1n) is 13.8. The first kappa shape index (κ1) is 22.3. The average Bonchev–Trinajstić information content (AvgIpc) is 3.52. The molecule has 2 heterocycles. The normalized spacial score (nSPS) is 65.8. The van der Waals surface area contributed by atoms with Gasteiger partial charge in [-0.15, -0.1) is 0 Å². The lowest BCUT2D eigenvalue weighted by atomic mass is 9.31. The van der Waals surface area contributed by atoms with Gasteiger partial charge in [0.05, 0.1) is 17.6 Å². The first-order valence-corrected chi connectivity index (χ1v) is 13.8. The summed E-state index contributed by atoms with van der Waals surface area (Å²) >= 11 is 0. The van der Waals surface area contributed by atoms with Crippen LogP contribution in [0.1, 0.15) is 79.6 Å². The molecule has 188 valence electrons. The highest BCUT2D eigenvalue weighted by molar-refractivity contribution is 5.82. The van der Waals surface area contributed by atoms with Crippen LogP contribution < -0.4 is 0 Å². The Morgan fingerprint density at radius 1 is 1.00 bits per heavy atom. The van der Waals surface area contributed by atoms with Crippen molar-refractivity contribution in [2.24, 2.45) is 51.2 Å². The molecule has 34 heavy (non-hydrogen) atoms. The third-order valence-electron chi connectivity index (χ3n) is 13.7. The number of ether oxygens (including phenoxy) is 2. The summed E-state index contributed by atoms with van der Waals surface area (Å²) < 4.78 is 13.5. The number of hydrogen-bond acceptors (Lipinski definition) is 5. The molecule has 7 fully saturated rings. The van der Waals surface area contributed by atoms with Gasteiger partial charge in [0, 0.05) is 11.3 Å². The van der Waals surface area contributed by atoms with Crippen LogP contribution in [0.4, 0.5) is 0 Å². The van der Waals surface area contributed by atoms with Crippen LogP contribution in [0.3, 0.4) is 0 Å².